The van der Waals surface area contributed by atoms with E-state index in [1.54, 1.807) is 0 Å². The lowest BCUT2D eigenvalue weighted by molar-refractivity contribution is -0.108. The summed E-state index contributed by atoms with van der Waals surface area (Å²) in [7, 11) is 0. The van der Waals surface area contributed by atoms with Crippen molar-refractivity contribution in [2.45, 2.75) is 44.8 Å². The van der Waals surface area contributed by atoms with E-state index in [1.165, 1.54) is 19.3 Å². The minimum Gasteiger partial charge on any atom is -0.362 e. The Morgan fingerprint density at radius 2 is 2.30 bits per heavy atom. The van der Waals surface area contributed by atoms with E-state index in [0.717, 1.165) is 12.7 Å². The zero-order valence-corrected chi connectivity index (χ0v) is 6.38. The number of carbonyl (C=O) groups is 1. The van der Waals surface area contributed by atoms with Crippen LogP contribution >= 0.6 is 0 Å². The van der Waals surface area contributed by atoms with E-state index >= 15 is 0 Å². The molecule has 1 heterocycles. The second-order valence-corrected chi connectivity index (χ2v) is 2.77. The van der Waals surface area contributed by atoms with Gasteiger partial charge in [-0.05, 0) is 6.42 Å². The molecule has 0 bridgehead atoms. The highest BCUT2D eigenvalue weighted by Gasteiger charge is 2.37. The van der Waals surface area contributed by atoms with Crippen molar-refractivity contribution >= 4 is 6.29 Å². The van der Waals surface area contributed by atoms with E-state index in [1.807, 2.05) is 0 Å². The fourth-order valence-electron chi connectivity index (χ4n) is 1.10. The van der Waals surface area contributed by atoms with Crippen molar-refractivity contribution in [3.05, 3.63) is 0 Å². The Morgan fingerprint density at radius 1 is 1.50 bits per heavy atom. The summed E-state index contributed by atoms with van der Waals surface area (Å²) in [6.45, 7) is 2.17. The number of aldehydes is 1. The molecule has 2 atom stereocenters. The molecule has 0 aromatic carbocycles. The van der Waals surface area contributed by atoms with Gasteiger partial charge in [0.15, 0.2) is 6.29 Å². The molecule has 0 aromatic rings. The monoisotopic (exact) mass is 142 g/mol. The first-order valence-corrected chi connectivity index (χ1v) is 3.99. The van der Waals surface area contributed by atoms with Crippen molar-refractivity contribution in [2.24, 2.45) is 0 Å². The van der Waals surface area contributed by atoms with Crippen LogP contribution in [-0.4, -0.2) is 18.5 Å². The first-order chi connectivity index (χ1) is 4.88. The van der Waals surface area contributed by atoms with E-state index in [2.05, 4.69) is 6.92 Å². The van der Waals surface area contributed by atoms with Crippen LogP contribution in [0, 0.1) is 0 Å². The van der Waals surface area contributed by atoms with Gasteiger partial charge >= 0.3 is 0 Å². The lowest BCUT2D eigenvalue weighted by Crippen LogP contribution is -1.93. The van der Waals surface area contributed by atoms with E-state index in [4.69, 9.17) is 4.74 Å². The molecule has 1 unspecified atom stereocenters. The van der Waals surface area contributed by atoms with Crippen LogP contribution in [0.15, 0.2) is 0 Å². The van der Waals surface area contributed by atoms with Gasteiger partial charge in [0.05, 0.1) is 6.10 Å². The number of carbonyl (C=O) groups excluding carboxylic acids is 1. The Balaban J connectivity index is 1.91. The second kappa shape index (κ2) is 3.71. The van der Waals surface area contributed by atoms with Gasteiger partial charge in [-0.2, -0.15) is 0 Å². The smallest absolute Gasteiger partial charge is 0.151 e. The molecule has 0 N–H and O–H groups in total. The summed E-state index contributed by atoms with van der Waals surface area (Å²) in [5.74, 6) is 0. The van der Waals surface area contributed by atoms with Gasteiger partial charge in [-0.15, -0.1) is 0 Å². The van der Waals surface area contributed by atoms with Crippen LogP contribution in [0.2, 0.25) is 0 Å². The Morgan fingerprint density at radius 3 is 2.80 bits per heavy atom. The third-order valence-corrected chi connectivity index (χ3v) is 1.85. The molecule has 1 fully saturated rings. The van der Waals surface area contributed by atoms with Gasteiger partial charge in [-0.3, -0.25) is 0 Å². The van der Waals surface area contributed by atoms with Crippen LogP contribution < -0.4 is 0 Å². The summed E-state index contributed by atoms with van der Waals surface area (Å²) in [6, 6.07) is 0. The highest BCUT2D eigenvalue weighted by molar-refractivity contribution is 5.60. The molecule has 1 saturated heterocycles. The summed E-state index contributed by atoms with van der Waals surface area (Å²) in [4.78, 5) is 10.1. The molecule has 0 saturated carbocycles. The molecule has 0 spiro atoms. The van der Waals surface area contributed by atoms with Crippen molar-refractivity contribution in [3.63, 3.8) is 0 Å². The molecule has 10 heavy (non-hydrogen) atoms. The molecule has 1 aliphatic heterocycles. The van der Waals surface area contributed by atoms with E-state index < -0.39 is 0 Å². The Bertz CT molecular complexity index is 112. The predicted molar refractivity (Wildman–Crippen MR) is 38.9 cm³/mol. The zero-order valence-electron chi connectivity index (χ0n) is 6.38. The molecule has 2 nitrogen and oxygen atoms in total. The number of hydrogen-bond acceptors (Lipinski definition) is 2. The third kappa shape index (κ3) is 2.10. The standard InChI is InChI=1S/C8H14O2/c1-2-3-4-5-7-8(6-9)10-7/h6-8H,2-5H2,1H3/t7-,8?/m0/s1. The van der Waals surface area contributed by atoms with Crippen molar-refractivity contribution < 1.29 is 9.53 Å². The topological polar surface area (TPSA) is 29.6 Å². The maximum Gasteiger partial charge on any atom is 0.151 e. The van der Waals surface area contributed by atoms with Crippen molar-refractivity contribution in [2.75, 3.05) is 0 Å². The van der Waals surface area contributed by atoms with Gasteiger partial charge in [-0.25, -0.2) is 0 Å². The molecular weight excluding hydrogens is 128 g/mol. The van der Waals surface area contributed by atoms with E-state index in [-0.39, 0.29) is 12.2 Å². The van der Waals surface area contributed by atoms with E-state index in [0.29, 0.717) is 0 Å². The second-order valence-electron chi connectivity index (χ2n) is 2.77. The number of unbranched alkanes of at least 4 members (excludes halogenated alkanes) is 2. The minimum absolute atomic E-state index is 0.0585. The van der Waals surface area contributed by atoms with Crippen LogP contribution in [-0.2, 0) is 9.53 Å². The van der Waals surface area contributed by atoms with E-state index in [9.17, 15) is 4.79 Å². The Kier molecular flexibility index (Phi) is 2.87. The SMILES string of the molecule is CCCCC[C@@H]1OC1C=O. The largest absolute Gasteiger partial charge is 0.362 e. The minimum atomic E-state index is -0.0585. The summed E-state index contributed by atoms with van der Waals surface area (Å²) in [5.41, 5.74) is 0. The lowest BCUT2D eigenvalue weighted by Gasteiger charge is -1.91. The fraction of sp³-hybridized carbons (Fsp3) is 0.875. The molecule has 58 valence electrons. The van der Waals surface area contributed by atoms with Crippen LogP contribution in [0.1, 0.15) is 32.6 Å². The van der Waals surface area contributed by atoms with Crippen LogP contribution in [0.5, 0.6) is 0 Å². The number of ether oxygens (including phenoxy) is 1. The lowest BCUT2D eigenvalue weighted by atomic mass is 10.1. The third-order valence-electron chi connectivity index (χ3n) is 1.85. The van der Waals surface area contributed by atoms with Crippen molar-refractivity contribution in [3.8, 4) is 0 Å². The van der Waals surface area contributed by atoms with Gasteiger partial charge in [0.1, 0.15) is 6.10 Å². The van der Waals surface area contributed by atoms with Crippen LogP contribution in [0.3, 0.4) is 0 Å². The highest BCUT2D eigenvalue weighted by atomic mass is 16.6. The van der Waals surface area contributed by atoms with Gasteiger partial charge in [0.2, 0.25) is 0 Å². The Labute approximate surface area is 61.6 Å². The molecule has 0 radical (unpaired) electrons. The highest BCUT2D eigenvalue weighted by Crippen LogP contribution is 2.25. The average molecular weight is 142 g/mol. The molecule has 0 amide bonds. The number of epoxide rings is 1. The summed E-state index contributed by atoms with van der Waals surface area (Å²) >= 11 is 0. The quantitative estimate of drug-likeness (QED) is 0.331. The maximum absolute atomic E-state index is 10.1. The van der Waals surface area contributed by atoms with Gasteiger partial charge in [-0.1, -0.05) is 26.2 Å². The average Bonchev–Trinajstić information content (AvgIpc) is 2.68. The van der Waals surface area contributed by atoms with Gasteiger partial charge < -0.3 is 9.53 Å². The van der Waals surface area contributed by atoms with Gasteiger partial charge in [0.25, 0.3) is 0 Å². The first kappa shape index (κ1) is 7.73. The molecule has 1 aliphatic rings. The summed E-state index contributed by atoms with van der Waals surface area (Å²) in [5, 5.41) is 0. The van der Waals surface area contributed by atoms with Crippen LogP contribution in [0.4, 0.5) is 0 Å². The Hall–Kier alpha value is -0.370. The first-order valence-electron chi connectivity index (χ1n) is 3.99. The van der Waals surface area contributed by atoms with Crippen LogP contribution in [0.25, 0.3) is 0 Å². The number of hydrogen-bond donors (Lipinski definition) is 0. The van der Waals surface area contributed by atoms with Gasteiger partial charge in [0, 0.05) is 0 Å². The fourth-order valence-corrected chi connectivity index (χ4v) is 1.10. The molecule has 1 rings (SSSR count). The molecule has 0 aromatic heterocycles. The van der Waals surface area contributed by atoms with Crippen molar-refractivity contribution in [1.82, 2.24) is 0 Å². The maximum atomic E-state index is 10.1. The molecular formula is C8H14O2. The predicted octanol–water partition coefficient (Wildman–Crippen LogP) is 1.53. The zero-order chi connectivity index (χ0) is 7.40. The summed E-state index contributed by atoms with van der Waals surface area (Å²) in [6.07, 6.45) is 5.87. The van der Waals surface area contributed by atoms with Crippen molar-refractivity contribution in [1.29, 1.82) is 0 Å². The molecule has 2 heteroatoms. The molecule has 0 aliphatic carbocycles. The number of rotatable bonds is 5. The normalized spacial score (nSPS) is 30.1. The summed E-state index contributed by atoms with van der Waals surface area (Å²) < 4.78 is 5.04.